The molecule has 0 spiro atoms. The summed E-state index contributed by atoms with van der Waals surface area (Å²) in [4.78, 5) is 15.3. The molecule has 14 aromatic rings. The first-order chi connectivity index (χ1) is 32.2. The molecule has 14 rings (SSSR count). The van der Waals surface area contributed by atoms with E-state index in [9.17, 15) is 0 Å². The maximum Gasteiger partial charge on any atom is 0.164 e. The van der Waals surface area contributed by atoms with Crippen molar-refractivity contribution in [1.29, 1.82) is 0 Å². The zero-order chi connectivity index (χ0) is 42.6. The van der Waals surface area contributed by atoms with Crippen molar-refractivity contribution in [1.82, 2.24) is 15.0 Å². The predicted molar refractivity (Wildman–Crippen MR) is 271 cm³/mol. The van der Waals surface area contributed by atoms with Crippen LogP contribution in [0.1, 0.15) is 0 Å². The SMILES string of the molecule is c1ccc(-c2nc(-c3cccc(-c4cccc(-c5cc6ccc7cccc8c9cccc%10ccc%11cccc(c(c5)c6c78)c%11c%109)c4)c3)nc(-c3ccc4oc5ccccc5c4c3)n2)cc1. The molecule has 12 aromatic carbocycles. The van der Waals surface area contributed by atoms with Gasteiger partial charge < -0.3 is 4.42 Å². The van der Waals surface area contributed by atoms with Crippen LogP contribution in [0.5, 0.6) is 0 Å². The zero-order valence-electron chi connectivity index (χ0n) is 35.0. The van der Waals surface area contributed by atoms with E-state index in [-0.39, 0.29) is 0 Å². The normalized spacial score (nSPS) is 12.0. The first-order valence-electron chi connectivity index (χ1n) is 22.1. The topological polar surface area (TPSA) is 51.8 Å². The highest BCUT2D eigenvalue weighted by atomic mass is 16.3. The minimum absolute atomic E-state index is 0.607. The highest BCUT2D eigenvalue weighted by Gasteiger charge is 2.18. The Hall–Kier alpha value is -8.73. The van der Waals surface area contributed by atoms with Gasteiger partial charge in [-0.25, -0.2) is 15.0 Å². The largest absolute Gasteiger partial charge is 0.456 e. The van der Waals surface area contributed by atoms with E-state index in [0.717, 1.165) is 55.3 Å². The fraction of sp³-hybridized carbons (Fsp3) is 0. The van der Waals surface area contributed by atoms with E-state index in [1.165, 1.54) is 70.2 Å². The fourth-order valence-electron chi connectivity index (χ4n) is 10.4. The van der Waals surface area contributed by atoms with Gasteiger partial charge in [-0.2, -0.15) is 0 Å². The molecule has 0 aliphatic carbocycles. The summed E-state index contributed by atoms with van der Waals surface area (Å²) < 4.78 is 6.16. The molecule has 300 valence electrons. The lowest BCUT2D eigenvalue weighted by atomic mass is 9.86. The molecule has 0 radical (unpaired) electrons. The van der Waals surface area contributed by atoms with Gasteiger partial charge >= 0.3 is 0 Å². The molecular weight excluding hydrogens is 791 g/mol. The molecule has 2 heterocycles. The molecule has 0 atom stereocenters. The molecule has 0 saturated heterocycles. The molecule has 4 heteroatoms. The van der Waals surface area contributed by atoms with Crippen LogP contribution in [0, 0.1) is 0 Å². The number of aromatic nitrogens is 3. The number of hydrogen-bond donors (Lipinski definition) is 0. The lowest BCUT2D eigenvalue weighted by Gasteiger charge is -2.17. The van der Waals surface area contributed by atoms with Crippen LogP contribution in [-0.2, 0) is 0 Å². The minimum atomic E-state index is 0.607. The van der Waals surface area contributed by atoms with E-state index in [4.69, 9.17) is 19.4 Å². The monoisotopic (exact) mass is 825 g/mol. The summed E-state index contributed by atoms with van der Waals surface area (Å²) in [5.74, 6) is 1.84. The second-order valence-corrected chi connectivity index (χ2v) is 17.1. The van der Waals surface area contributed by atoms with Crippen molar-refractivity contribution in [2.24, 2.45) is 0 Å². The maximum absolute atomic E-state index is 6.16. The molecule has 0 aliphatic rings. The lowest BCUT2D eigenvalue weighted by Crippen LogP contribution is -2.00. The Morgan fingerprint density at radius 3 is 1.32 bits per heavy atom. The Morgan fingerprint density at radius 2 is 0.662 bits per heavy atom. The van der Waals surface area contributed by atoms with Crippen molar-refractivity contribution in [3.63, 3.8) is 0 Å². The van der Waals surface area contributed by atoms with Gasteiger partial charge in [0, 0.05) is 27.5 Å². The van der Waals surface area contributed by atoms with E-state index >= 15 is 0 Å². The molecule has 0 saturated carbocycles. The summed E-state index contributed by atoms with van der Waals surface area (Å²) in [6.45, 7) is 0. The average molecular weight is 826 g/mol. The fourth-order valence-corrected chi connectivity index (χ4v) is 10.4. The number of nitrogens with zero attached hydrogens (tertiary/aromatic N) is 3. The highest BCUT2D eigenvalue weighted by molar-refractivity contribution is 6.37. The molecular formula is C61H35N3O. The summed E-state index contributed by atoms with van der Waals surface area (Å²) in [5.41, 5.74) is 8.96. The van der Waals surface area contributed by atoms with Crippen LogP contribution >= 0.6 is 0 Å². The Labute approximate surface area is 373 Å². The van der Waals surface area contributed by atoms with Gasteiger partial charge in [0.05, 0.1) is 0 Å². The van der Waals surface area contributed by atoms with Gasteiger partial charge in [0.2, 0.25) is 0 Å². The van der Waals surface area contributed by atoms with Crippen LogP contribution in [0.4, 0.5) is 0 Å². The smallest absolute Gasteiger partial charge is 0.164 e. The molecule has 2 aromatic heterocycles. The standard InChI is InChI=1S/C61H35N3O/c1-2-11-39(12-3-1)59-62-60(64-61(63-59)45-29-30-54-51(34-45)47-20-4-5-24-53(47)65-54)44-19-7-17-41(32-44)40-16-6-18-42(31-40)46-33-43-28-27-38-14-9-22-49-48-21-8-13-36-25-26-37-15-10-23-50(57(37)55(36)48)52(35-46)58(43)56(38)49/h1-35H. The first-order valence-corrected chi connectivity index (χ1v) is 22.1. The average Bonchev–Trinajstić information content (AvgIpc) is 3.75. The Bertz CT molecular complexity index is 4240. The number of benzene rings is 11. The molecule has 0 N–H and O–H groups in total. The van der Waals surface area contributed by atoms with Gasteiger partial charge in [-0.3, -0.25) is 0 Å². The van der Waals surface area contributed by atoms with E-state index in [1.807, 2.05) is 60.7 Å². The van der Waals surface area contributed by atoms with Gasteiger partial charge in [-0.15, -0.1) is 0 Å². The Kier molecular flexibility index (Phi) is 7.65. The third kappa shape index (κ3) is 5.61. The van der Waals surface area contributed by atoms with Crippen LogP contribution in [0.25, 0.3) is 143 Å². The van der Waals surface area contributed by atoms with Crippen molar-refractivity contribution in [3.05, 3.63) is 212 Å². The minimum Gasteiger partial charge on any atom is -0.456 e. The Morgan fingerprint density at radius 1 is 0.231 bits per heavy atom. The van der Waals surface area contributed by atoms with Crippen molar-refractivity contribution < 1.29 is 4.42 Å². The molecule has 0 unspecified atom stereocenters. The van der Waals surface area contributed by atoms with Crippen LogP contribution in [0.15, 0.2) is 217 Å². The van der Waals surface area contributed by atoms with Gasteiger partial charge in [0.25, 0.3) is 0 Å². The van der Waals surface area contributed by atoms with Crippen LogP contribution in [0.2, 0.25) is 0 Å². The van der Waals surface area contributed by atoms with E-state index in [1.54, 1.807) is 0 Å². The van der Waals surface area contributed by atoms with E-state index in [2.05, 4.69) is 152 Å². The summed E-state index contributed by atoms with van der Waals surface area (Å²) in [6.07, 6.45) is 0. The molecule has 65 heavy (non-hydrogen) atoms. The van der Waals surface area contributed by atoms with Crippen LogP contribution in [0.3, 0.4) is 0 Å². The summed E-state index contributed by atoms with van der Waals surface area (Å²) in [6, 6.07) is 76.2. The summed E-state index contributed by atoms with van der Waals surface area (Å²) in [7, 11) is 0. The summed E-state index contributed by atoms with van der Waals surface area (Å²) >= 11 is 0. The van der Waals surface area contributed by atoms with Crippen molar-refractivity contribution >= 4 is 86.6 Å². The van der Waals surface area contributed by atoms with Crippen LogP contribution < -0.4 is 0 Å². The van der Waals surface area contributed by atoms with Gasteiger partial charge in [0.1, 0.15) is 11.2 Å². The second kappa shape index (κ2) is 13.9. The number of furan rings is 1. The molecule has 4 nitrogen and oxygen atoms in total. The van der Waals surface area contributed by atoms with E-state index in [0.29, 0.717) is 17.5 Å². The summed E-state index contributed by atoms with van der Waals surface area (Å²) in [5, 5.41) is 17.4. The maximum atomic E-state index is 6.16. The molecule has 0 fully saturated rings. The lowest BCUT2D eigenvalue weighted by molar-refractivity contribution is 0.669. The molecule has 0 bridgehead atoms. The number of rotatable bonds is 5. The quantitative estimate of drug-likeness (QED) is 0.162. The molecule has 0 amide bonds. The van der Waals surface area contributed by atoms with Crippen molar-refractivity contribution in [2.75, 3.05) is 0 Å². The number of fused-ring (bicyclic) bond motifs is 5. The number of hydrogen-bond acceptors (Lipinski definition) is 4. The van der Waals surface area contributed by atoms with Gasteiger partial charge in [0.15, 0.2) is 17.5 Å². The van der Waals surface area contributed by atoms with Crippen molar-refractivity contribution in [2.45, 2.75) is 0 Å². The first kappa shape index (κ1) is 35.8. The Balaban J connectivity index is 0.930. The predicted octanol–water partition coefficient (Wildman–Crippen LogP) is 16.5. The second-order valence-electron chi connectivity index (χ2n) is 17.1. The third-order valence-electron chi connectivity index (χ3n) is 13.4. The molecule has 0 aliphatic heterocycles. The van der Waals surface area contributed by atoms with Crippen LogP contribution in [-0.4, -0.2) is 15.0 Å². The highest BCUT2D eigenvalue weighted by Crippen LogP contribution is 2.45. The van der Waals surface area contributed by atoms with Gasteiger partial charge in [-0.1, -0.05) is 164 Å². The van der Waals surface area contributed by atoms with Crippen molar-refractivity contribution in [3.8, 4) is 56.4 Å². The zero-order valence-corrected chi connectivity index (χ0v) is 35.0. The third-order valence-corrected chi connectivity index (χ3v) is 13.4. The van der Waals surface area contributed by atoms with Gasteiger partial charge in [-0.05, 0) is 135 Å². The van der Waals surface area contributed by atoms with E-state index < -0.39 is 0 Å². The number of para-hydroxylation sites is 1.